The van der Waals surface area contributed by atoms with Crippen molar-refractivity contribution in [2.24, 2.45) is 5.73 Å². The van der Waals surface area contributed by atoms with Crippen molar-refractivity contribution in [2.75, 3.05) is 53.9 Å². The van der Waals surface area contributed by atoms with Crippen LogP contribution >= 0.6 is 0 Å². The number of fused-ring (bicyclic) bond motifs is 1. The van der Waals surface area contributed by atoms with Gasteiger partial charge in [-0.3, -0.25) is 4.72 Å². The Hall–Kier alpha value is -3.74. The number of aromatic amines is 1. The molecule has 2 unspecified atom stereocenters. The van der Waals surface area contributed by atoms with E-state index in [1.165, 1.54) is 12.4 Å². The molecule has 4 heterocycles. The highest BCUT2D eigenvalue weighted by Crippen LogP contribution is 2.33. The molecule has 2 fully saturated rings. The summed E-state index contributed by atoms with van der Waals surface area (Å²) in [5, 5.41) is -0.0621. The average molecular weight is 566 g/mol. The number of benzene rings is 2. The Morgan fingerprint density at radius 1 is 1.10 bits per heavy atom. The molecule has 4 N–H and O–H groups in total. The van der Waals surface area contributed by atoms with Gasteiger partial charge in [-0.1, -0.05) is 12.1 Å². The molecule has 40 heavy (non-hydrogen) atoms. The number of aromatic nitrogens is 3. The second-order valence-electron chi connectivity index (χ2n) is 10.3. The van der Waals surface area contributed by atoms with Crippen LogP contribution in [0.15, 0.2) is 54.9 Å². The van der Waals surface area contributed by atoms with E-state index in [1.807, 2.05) is 24.3 Å². The predicted molar refractivity (Wildman–Crippen MR) is 155 cm³/mol. The number of hydrogen-bond donors (Lipinski definition) is 3. The number of nitrogens with two attached hydrogens (primary N) is 1. The summed E-state index contributed by atoms with van der Waals surface area (Å²) in [7, 11) is -3.85. The maximum Gasteiger partial charge on any atom is 0.239 e. The van der Waals surface area contributed by atoms with Crippen LogP contribution in [0.25, 0.3) is 22.3 Å². The van der Waals surface area contributed by atoms with Gasteiger partial charge in [-0.15, -0.1) is 0 Å². The molecule has 0 radical (unpaired) electrons. The molecule has 2 aromatic heterocycles. The first kappa shape index (κ1) is 26.5. The summed E-state index contributed by atoms with van der Waals surface area (Å²) in [6, 6.07) is 13.7. The minimum atomic E-state index is -3.85. The number of halogens is 1. The van der Waals surface area contributed by atoms with Crippen LogP contribution < -0.4 is 20.3 Å². The van der Waals surface area contributed by atoms with Gasteiger partial charge in [0.15, 0.2) is 0 Å². The molecule has 10 nitrogen and oxygen atoms in total. The Bertz CT molecular complexity index is 1640. The second-order valence-corrected chi connectivity index (χ2v) is 12.3. The SMILES string of the molecule is CC(c1cccc(N2CCC(N)C2)c1)S(=O)(=O)Nc1ccc(-c2cc3c(N4CCOCC4)ncnc3[nH]2)c(F)c1. The number of nitrogens with zero attached hydrogens (tertiary/aromatic N) is 4. The lowest BCUT2D eigenvalue weighted by Crippen LogP contribution is -2.36. The summed E-state index contributed by atoms with van der Waals surface area (Å²) in [5.41, 5.74) is 9.23. The van der Waals surface area contributed by atoms with Crippen LogP contribution in [0, 0.1) is 5.82 Å². The van der Waals surface area contributed by atoms with E-state index in [0.29, 0.717) is 48.8 Å². The molecule has 210 valence electrons. The normalized spacial score (nSPS) is 18.8. The molecule has 0 spiro atoms. The quantitative estimate of drug-likeness (QED) is 0.310. The van der Waals surface area contributed by atoms with Crippen molar-refractivity contribution < 1.29 is 17.5 Å². The van der Waals surface area contributed by atoms with Crippen molar-refractivity contribution in [1.29, 1.82) is 0 Å². The maximum atomic E-state index is 15.3. The number of sulfonamides is 1. The lowest BCUT2D eigenvalue weighted by molar-refractivity contribution is 0.122. The number of ether oxygens (including phenoxy) is 1. The number of nitrogens with one attached hydrogen (secondary N) is 2. The van der Waals surface area contributed by atoms with Gasteiger partial charge in [0.05, 0.1) is 30.0 Å². The highest BCUT2D eigenvalue weighted by Gasteiger charge is 2.26. The van der Waals surface area contributed by atoms with E-state index in [-0.39, 0.29) is 11.7 Å². The molecule has 4 aromatic rings. The van der Waals surface area contributed by atoms with E-state index < -0.39 is 21.1 Å². The van der Waals surface area contributed by atoms with Crippen LogP contribution in [0.4, 0.5) is 21.6 Å². The van der Waals surface area contributed by atoms with Gasteiger partial charge in [0.1, 0.15) is 28.9 Å². The molecule has 6 rings (SSSR count). The van der Waals surface area contributed by atoms with Crippen molar-refractivity contribution in [2.45, 2.75) is 24.6 Å². The van der Waals surface area contributed by atoms with Crippen molar-refractivity contribution in [3.63, 3.8) is 0 Å². The number of morpholine rings is 1. The second kappa shape index (κ2) is 10.7. The lowest BCUT2D eigenvalue weighted by Gasteiger charge is -2.27. The Kier molecular flexibility index (Phi) is 7.07. The molecular weight excluding hydrogens is 533 g/mol. The fourth-order valence-electron chi connectivity index (χ4n) is 5.32. The standard InChI is InChI=1S/C28H32FN7O3S/c1-18(19-3-2-4-22(13-19)36-8-7-20(30)16-36)40(37,38)34-21-5-6-23(25(29)14-21)26-15-24-27(33-26)31-17-32-28(24)35-9-11-39-12-10-35/h2-6,13-15,17-18,20,34H,7-12,16,30H2,1H3,(H,31,32,33). The third-order valence-electron chi connectivity index (χ3n) is 7.63. The molecule has 0 bridgehead atoms. The van der Waals surface area contributed by atoms with Crippen molar-refractivity contribution in [3.05, 3.63) is 66.2 Å². The van der Waals surface area contributed by atoms with Crippen LogP contribution in [-0.2, 0) is 14.8 Å². The van der Waals surface area contributed by atoms with Gasteiger partial charge in [-0.2, -0.15) is 0 Å². The molecule has 2 atom stereocenters. The summed E-state index contributed by atoms with van der Waals surface area (Å²) in [6.07, 6.45) is 2.39. The van der Waals surface area contributed by atoms with Crippen LogP contribution in [0.1, 0.15) is 24.2 Å². The Labute approximate surface area is 232 Å². The molecule has 2 aliphatic rings. The minimum Gasteiger partial charge on any atom is -0.378 e. The largest absolute Gasteiger partial charge is 0.378 e. The Morgan fingerprint density at radius 3 is 2.67 bits per heavy atom. The zero-order chi connectivity index (χ0) is 27.9. The van der Waals surface area contributed by atoms with Gasteiger partial charge >= 0.3 is 0 Å². The topological polar surface area (TPSA) is 129 Å². The average Bonchev–Trinajstić information content (AvgIpc) is 3.59. The molecule has 0 amide bonds. The molecule has 0 saturated carbocycles. The third-order valence-corrected chi connectivity index (χ3v) is 9.35. The van der Waals surface area contributed by atoms with Gasteiger partial charge in [-0.05, 0) is 55.3 Å². The molecule has 0 aliphatic carbocycles. The zero-order valence-electron chi connectivity index (χ0n) is 22.2. The first-order valence-corrected chi connectivity index (χ1v) is 14.9. The fourth-order valence-corrected chi connectivity index (χ4v) is 6.46. The summed E-state index contributed by atoms with van der Waals surface area (Å²) in [4.78, 5) is 16.2. The zero-order valence-corrected chi connectivity index (χ0v) is 23.0. The van der Waals surface area contributed by atoms with E-state index in [2.05, 4.69) is 29.5 Å². The van der Waals surface area contributed by atoms with Gasteiger partial charge in [-0.25, -0.2) is 22.8 Å². The van der Waals surface area contributed by atoms with Crippen molar-refractivity contribution >= 4 is 38.2 Å². The van der Waals surface area contributed by atoms with E-state index in [9.17, 15) is 8.42 Å². The highest BCUT2D eigenvalue weighted by atomic mass is 32.2. The van der Waals surface area contributed by atoms with Gasteiger partial charge < -0.3 is 25.3 Å². The molecule has 2 saturated heterocycles. The predicted octanol–water partition coefficient (Wildman–Crippen LogP) is 3.64. The highest BCUT2D eigenvalue weighted by molar-refractivity contribution is 7.92. The molecular formula is C28H32FN7O3S. The van der Waals surface area contributed by atoms with Crippen LogP contribution in [-0.4, -0.2) is 68.8 Å². The number of anilines is 3. The number of hydrogen-bond acceptors (Lipinski definition) is 8. The summed E-state index contributed by atoms with van der Waals surface area (Å²) in [6.45, 7) is 5.87. The summed E-state index contributed by atoms with van der Waals surface area (Å²) < 4.78 is 49.9. The summed E-state index contributed by atoms with van der Waals surface area (Å²) >= 11 is 0. The smallest absolute Gasteiger partial charge is 0.239 e. The first-order chi connectivity index (χ1) is 19.3. The first-order valence-electron chi connectivity index (χ1n) is 13.4. The lowest BCUT2D eigenvalue weighted by atomic mass is 10.1. The summed E-state index contributed by atoms with van der Waals surface area (Å²) in [5.74, 6) is 0.207. The third kappa shape index (κ3) is 5.21. The fraction of sp³-hybridized carbons (Fsp3) is 0.357. The van der Waals surface area contributed by atoms with Gasteiger partial charge in [0, 0.05) is 43.5 Å². The van der Waals surface area contributed by atoms with Crippen LogP contribution in [0.2, 0.25) is 0 Å². The van der Waals surface area contributed by atoms with E-state index >= 15 is 4.39 Å². The van der Waals surface area contributed by atoms with Crippen molar-refractivity contribution in [1.82, 2.24) is 15.0 Å². The van der Waals surface area contributed by atoms with E-state index in [0.717, 1.165) is 36.4 Å². The number of H-pyrrole nitrogens is 1. The van der Waals surface area contributed by atoms with Crippen LogP contribution in [0.5, 0.6) is 0 Å². The molecule has 12 heteroatoms. The monoisotopic (exact) mass is 565 g/mol. The Morgan fingerprint density at radius 2 is 1.93 bits per heavy atom. The minimum absolute atomic E-state index is 0.119. The van der Waals surface area contributed by atoms with Gasteiger partial charge in [0.25, 0.3) is 0 Å². The van der Waals surface area contributed by atoms with E-state index in [4.69, 9.17) is 10.5 Å². The molecule has 2 aliphatic heterocycles. The maximum absolute atomic E-state index is 15.3. The van der Waals surface area contributed by atoms with Gasteiger partial charge in [0.2, 0.25) is 10.0 Å². The Balaban J connectivity index is 1.22. The molecule has 2 aromatic carbocycles. The number of rotatable bonds is 7. The van der Waals surface area contributed by atoms with Crippen molar-refractivity contribution in [3.8, 4) is 11.3 Å². The van der Waals surface area contributed by atoms with E-state index in [1.54, 1.807) is 25.1 Å². The van der Waals surface area contributed by atoms with Crippen LogP contribution in [0.3, 0.4) is 0 Å².